The highest BCUT2D eigenvalue weighted by molar-refractivity contribution is 5.17. The molecule has 3 nitrogen and oxygen atoms in total. The molecule has 1 aromatic rings. The largest absolute Gasteiger partial charge is 0.392 e. The van der Waals surface area contributed by atoms with E-state index in [1.54, 1.807) is 0 Å². The van der Waals surface area contributed by atoms with Crippen molar-refractivity contribution in [2.75, 3.05) is 0 Å². The third-order valence-electron chi connectivity index (χ3n) is 5.69. The Hall–Kier alpha value is -0.830. The second-order valence-electron chi connectivity index (χ2n) is 6.54. The highest BCUT2D eigenvalue weighted by Crippen LogP contribution is 2.70. The maximum Gasteiger partial charge on any atom is 0.0615 e. The van der Waals surface area contributed by atoms with Crippen LogP contribution in [0.15, 0.2) is 12.4 Å². The number of aromatic nitrogens is 2. The van der Waals surface area contributed by atoms with E-state index < -0.39 is 0 Å². The molecule has 1 heterocycles. The van der Waals surface area contributed by atoms with Crippen molar-refractivity contribution in [3.05, 3.63) is 18.0 Å². The van der Waals surface area contributed by atoms with Crippen LogP contribution >= 0.6 is 0 Å². The molecule has 1 aromatic heterocycles. The zero-order valence-corrected chi connectivity index (χ0v) is 11.0. The average molecular weight is 246 g/mol. The third-order valence-corrected chi connectivity index (χ3v) is 5.69. The standard InChI is InChI=1S/C15H22N2O/c1-2-17-8-9(7-16-17)5-12(18)15-13-10-3-4-11(6-10)14(13)15/h7-8,10-15,18H,2-6H2,1H3. The van der Waals surface area contributed by atoms with Gasteiger partial charge in [0.15, 0.2) is 0 Å². The number of hydrogen-bond donors (Lipinski definition) is 1. The molecule has 2 bridgehead atoms. The summed E-state index contributed by atoms with van der Waals surface area (Å²) in [7, 11) is 0. The van der Waals surface area contributed by atoms with E-state index in [1.165, 1.54) is 24.8 Å². The number of aryl methyl sites for hydroxylation is 1. The Morgan fingerprint density at radius 1 is 1.39 bits per heavy atom. The molecule has 3 aliphatic carbocycles. The van der Waals surface area contributed by atoms with Crippen LogP contribution < -0.4 is 0 Å². The van der Waals surface area contributed by atoms with Crippen LogP contribution in [0, 0.1) is 29.6 Å². The first-order chi connectivity index (χ1) is 8.78. The molecule has 4 rings (SSSR count). The van der Waals surface area contributed by atoms with Crippen molar-refractivity contribution in [3.8, 4) is 0 Å². The highest BCUT2D eigenvalue weighted by atomic mass is 16.3. The Labute approximate surface area is 108 Å². The van der Waals surface area contributed by atoms with Gasteiger partial charge < -0.3 is 5.11 Å². The second kappa shape index (κ2) is 3.83. The SMILES string of the molecule is CCn1cc(CC(O)C2C3C4CCC(C4)C23)cn1. The lowest BCUT2D eigenvalue weighted by Crippen LogP contribution is -2.18. The van der Waals surface area contributed by atoms with Crippen LogP contribution in [0.4, 0.5) is 0 Å². The summed E-state index contributed by atoms with van der Waals surface area (Å²) in [6.45, 7) is 3.01. The molecular formula is C15H22N2O. The fourth-order valence-corrected chi connectivity index (χ4v) is 4.97. The van der Waals surface area contributed by atoms with E-state index in [-0.39, 0.29) is 6.10 Å². The van der Waals surface area contributed by atoms with E-state index in [2.05, 4.69) is 18.2 Å². The molecule has 0 amide bonds. The van der Waals surface area contributed by atoms with E-state index in [0.29, 0.717) is 5.92 Å². The molecule has 0 radical (unpaired) electrons. The van der Waals surface area contributed by atoms with Crippen LogP contribution in [0.1, 0.15) is 31.7 Å². The Bertz CT molecular complexity index is 439. The lowest BCUT2D eigenvalue weighted by atomic mass is 9.96. The smallest absolute Gasteiger partial charge is 0.0615 e. The predicted molar refractivity (Wildman–Crippen MR) is 68.9 cm³/mol. The number of hydrogen-bond acceptors (Lipinski definition) is 2. The zero-order valence-electron chi connectivity index (χ0n) is 11.0. The van der Waals surface area contributed by atoms with Gasteiger partial charge in [-0.05, 0) is 61.3 Å². The lowest BCUT2D eigenvalue weighted by molar-refractivity contribution is 0.128. The van der Waals surface area contributed by atoms with E-state index in [4.69, 9.17) is 0 Å². The van der Waals surface area contributed by atoms with Crippen molar-refractivity contribution in [3.63, 3.8) is 0 Å². The van der Waals surface area contributed by atoms with Crippen molar-refractivity contribution in [1.82, 2.24) is 9.78 Å². The summed E-state index contributed by atoms with van der Waals surface area (Å²) in [5, 5.41) is 14.7. The van der Waals surface area contributed by atoms with Crippen LogP contribution in [0.5, 0.6) is 0 Å². The molecule has 5 unspecified atom stereocenters. The predicted octanol–water partition coefficient (Wildman–Crippen LogP) is 2.10. The van der Waals surface area contributed by atoms with Crippen LogP contribution in [-0.2, 0) is 13.0 Å². The molecule has 3 fully saturated rings. The van der Waals surface area contributed by atoms with Crippen LogP contribution in [0.3, 0.4) is 0 Å². The number of nitrogens with zero attached hydrogens (tertiary/aromatic N) is 2. The van der Waals surface area contributed by atoms with Gasteiger partial charge in [0.05, 0.1) is 12.3 Å². The minimum absolute atomic E-state index is 0.127. The van der Waals surface area contributed by atoms with E-state index in [0.717, 1.165) is 36.6 Å². The van der Waals surface area contributed by atoms with Crippen molar-refractivity contribution in [2.24, 2.45) is 29.6 Å². The first-order valence-electron chi connectivity index (χ1n) is 7.47. The molecule has 0 spiro atoms. The zero-order chi connectivity index (χ0) is 12.3. The second-order valence-corrected chi connectivity index (χ2v) is 6.54. The summed E-state index contributed by atoms with van der Waals surface area (Å²) in [6.07, 6.45) is 9.00. The summed E-state index contributed by atoms with van der Waals surface area (Å²) < 4.78 is 1.94. The van der Waals surface area contributed by atoms with Crippen LogP contribution in [0.25, 0.3) is 0 Å². The lowest BCUT2D eigenvalue weighted by Gasteiger charge is -2.14. The van der Waals surface area contributed by atoms with Gasteiger partial charge in [-0.15, -0.1) is 0 Å². The van der Waals surface area contributed by atoms with Gasteiger partial charge in [-0.2, -0.15) is 5.10 Å². The minimum atomic E-state index is -0.127. The number of rotatable bonds is 4. The Morgan fingerprint density at radius 3 is 2.72 bits per heavy atom. The molecule has 18 heavy (non-hydrogen) atoms. The molecule has 3 aliphatic rings. The van der Waals surface area contributed by atoms with E-state index in [9.17, 15) is 5.11 Å². The first-order valence-corrected chi connectivity index (χ1v) is 7.47. The molecule has 1 N–H and O–H groups in total. The molecule has 0 aromatic carbocycles. The topological polar surface area (TPSA) is 38.0 Å². The maximum absolute atomic E-state index is 10.5. The van der Waals surface area contributed by atoms with Crippen molar-refractivity contribution >= 4 is 0 Å². The summed E-state index contributed by atoms with van der Waals surface area (Å²) in [5.74, 6) is 4.28. The maximum atomic E-state index is 10.5. The summed E-state index contributed by atoms with van der Waals surface area (Å²) in [4.78, 5) is 0. The first kappa shape index (κ1) is 11.0. The van der Waals surface area contributed by atoms with Gasteiger partial charge in [-0.3, -0.25) is 4.68 Å². The Balaban J connectivity index is 1.41. The summed E-state index contributed by atoms with van der Waals surface area (Å²) in [5.41, 5.74) is 1.20. The number of aliphatic hydroxyl groups is 1. The van der Waals surface area contributed by atoms with Crippen LogP contribution in [-0.4, -0.2) is 21.0 Å². The average Bonchev–Trinajstić information content (AvgIpc) is 2.73. The molecule has 98 valence electrons. The highest BCUT2D eigenvalue weighted by Gasteiger charge is 2.66. The van der Waals surface area contributed by atoms with Gasteiger partial charge >= 0.3 is 0 Å². The van der Waals surface area contributed by atoms with Gasteiger partial charge in [0.1, 0.15) is 0 Å². The van der Waals surface area contributed by atoms with Crippen molar-refractivity contribution in [1.29, 1.82) is 0 Å². The van der Waals surface area contributed by atoms with Gasteiger partial charge in [-0.1, -0.05) is 0 Å². The van der Waals surface area contributed by atoms with Gasteiger partial charge in [0.25, 0.3) is 0 Å². The normalized spacial score (nSPS) is 42.0. The molecule has 3 heteroatoms. The Morgan fingerprint density at radius 2 is 2.11 bits per heavy atom. The third kappa shape index (κ3) is 1.49. The minimum Gasteiger partial charge on any atom is -0.392 e. The fraction of sp³-hybridized carbons (Fsp3) is 0.800. The molecule has 0 aliphatic heterocycles. The Kier molecular flexibility index (Phi) is 2.35. The van der Waals surface area contributed by atoms with Gasteiger partial charge in [-0.25, -0.2) is 0 Å². The molecule has 3 saturated carbocycles. The quantitative estimate of drug-likeness (QED) is 0.883. The van der Waals surface area contributed by atoms with Gasteiger partial charge in [0.2, 0.25) is 0 Å². The van der Waals surface area contributed by atoms with Gasteiger partial charge in [0, 0.05) is 19.2 Å². The van der Waals surface area contributed by atoms with Crippen molar-refractivity contribution in [2.45, 2.75) is 45.3 Å². The van der Waals surface area contributed by atoms with Crippen molar-refractivity contribution < 1.29 is 5.11 Å². The summed E-state index contributed by atoms with van der Waals surface area (Å²) >= 11 is 0. The van der Waals surface area contributed by atoms with E-state index >= 15 is 0 Å². The number of fused-ring (bicyclic) bond motifs is 5. The van der Waals surface area contributed by atoms with E-state index in [1.807, 2.05) is 10.9 Å². The number of aliphatic hydroxyl groups excluding tert-OH is 1. The monoisotopic (exact) mass is 246 g/mol. The fourth-order valence-electron chi connectivity index (χ4n) is 4.97. The van der Waals surface area contributed by atoms with Crippen LogP contribution in [0.2, 0.25) is 0 Å². The summed E-state index contributed by atoms with van der Waals surface area (Å²) in [6, 6.07) is 0. The molecular weight excluding hydrogens is 224 g/mol. The molecule has 5 atom stereocenters. The molecule has 0 saturated heterocycles.